The standard InChI is InChI=1S/C12H14F3NO/c13-10-6-12(15)11(14)5-8(10)7-16-9-1-3-17-4-2-9/h5-6,9,16H,1-4,7H2. The van der Waals surface area contributed by atoms with Crippen LogP contribution in [-0.2, 0) is 11.3 Å². The molecule has 1 aliphatic heterocycles. The van der Waals surface area contributed by atoms with Gasteiger partial charge in [-0.3, -0.25) is 0 Å². The highest BCUT2D eigenvalue weighted by atomic mass is 19.2. The van der Waals surface area contributed by atoms with Gasteiger partial charge in [-0.05, 0) is 18.9 Å². The Balaban J connectivity index is 1.96. The van der Waals surface area contributed by atoms with Crippen molar-refractivity contribution >= 4 is 0 Å². The van der Waals surface area contributed by atoms with Crippen molar-refractivity contribution in [3.8, 4) is 0 Å². The van der Waals surface area contributed by atoms with Crippen LogP contribution in [0.2, 0.25) is 0 Å². The number of ether oxygens (including phenoxy) is 1. The number of benzene rings is 1. The minimum absolute atomic E-state index is 0.149. The van der Waals surface area contributed by atoms with E-state index in [0.29, 0.717) is 19.3 Å². The van der Waals surface area contributed by atoms with E-state index in [1.54, 1.807) is 0 Å². The van der Waals surface area contributed by atoms with Gasteiger partial charge < -0.3 is 10.1 Å². The SMILES string of the molecule is Fc1cc(F)c(CNC2CCOCC2)cc1F. The first kappa shape index (κ1) is 12.4. The second kappa shape index (κ2) is 5.51. The second-order valence-electron chi connectivity index (χ2n) is 4.13. The predicted molar refractivity (Wildman–Crippen MR) is 57.0 cm³/mol. The van der Waals surface area contributed by atoms with Crippen molar-refractivity contribution in [1.82, 2.24) is 5.32 Å². The molecule has 0 atom stereocenters. The maximum Gasteiger partial charge on any atom is 0.161 e. The summed E-state index contributed by atoms with van der Waals surface area (Å²) in [7, 11) is 0. The molecule has 2 rings (SSSR count). The molecular formula is C12H14F3NO. The first-order valence-corrected chi connectivity index (χ1v) is 5.61. The van der Waals surface area contributed by atoms with Gasteiger partial charge in [-0.2, -0.15) is 0 Å². The van der Waals surface area contributed by atoms with Crippen LogP contribution in [-0.4, -0.2) is 19.3 Å². The summed E-state index contributed by atoms with van der Waals surface area (Å²) in [5, 5.41) is 3.12. The van der Waals surface area contributed by atoms with Gasteiger partial charge in [0.15, 0.2) is 11.6 Å². The van der Waals surface area contributed by atoms with Crippen molar-refractivity contribution in [3.05, 3.63) is 35.1 Å². The first-order valence-electron chi connectivity index (χ1n) is 5.61. The minimum Gasteiger partial charge on any atom is -0.381 e. The molecule has 94 valence electrons. The van der Waals surface area contributed by atoms with E-state index >= 15 is 0 Å². The number of hydrogen-bond acceptors (Lipinski definition) is 2. The highest BCUT2D eigenvalue weighted by Crippen LogP contribution is 2.14. The summed E-state index contributed by atoms with van der Waals surface area (Å²) in [6, 6.07) is 1.73. The molecule has 0 unspecified atom stereocenters. The first-order chi connectivity index (χ1) is 8.16. The van der Waals surface area contributed by atoms with Crippen molar-refractivity contribution in [2.24, 2.45) is 0 Å². The van der Waals surface area contributed by atoms with Crippen molar-refractivity contribution in [1.29, 1.82) is 0 Å². The Morgan fingerprint density at radius 1 is 1.06 bits per heavy atom. The highest BCUT2D eigenvalue weighted by Gasteiger charge is 2.15. The number of halogens is 3. The van der Waals surface area contributed by atoms with Gasteiger partial charge in [0.25, 0.3) is 0 Å². The van der Waals surface area contributed by atoms with Gasteiger partial charge in [0, 0.05) is 37.4 Å². The minimum atomic E-state index is -1.16. The fraction of sp³-hybridized carbons (Fsp3) is 0.500. The van der Waals surface area contributed by atoms with Crippen LogP contribution in [0.25, 0.3) is 0 Å². The van der Waals surface area contributed by atoms with Crippen molar-refractivity contribution in [2.75, 3.05) is 13.2 Å². The molecule has 1 aliphatic rings. The van der Waals surface area contributed by atoms with Gasteiger partial charge in [-0.15, -0.1) is 0 Å². The van der Waals surface area contributed by atoms with Gasteiger partial charge >= 0.3 is 0 Å². The lowest BCUT2D eigenvalue weighted by molar-refractivity contribution is 0.0775. The van der Waals surface area contributed by atoms with Crippen molar-refractivity contribution in [2.45, 2.75) is 25.4 Å². The maximum atomic E-state index is 13.3. The Morgan fingerprint density at radius 2 is 1.71 bits per heavy atom. The van der Waals surface area contributed by atoms with Crippen LogP contribution in [0.5, 0.6) is 0 Å². The zero-order chi connectivity index (χ0) is 12.3. The third-order valence-corrected chi connectivity index (χ3v) is 2.89. The van der Waals surface area contributed by atoms with Crippen LogP contribution in [0.15, 0.2) is 12.1 Å². The van der Waals surface area contributed by atoms with E-state index < -0.39 is 17.5 Å². The number of nitrogens with one attached hydrogen (secondary N) is 1. The summed E-state index contributed by atoms with van der Waals surface area (Å²) in [6.07, 6.45) is 1.70. The third kappa shape index (κ3) is 3.20. The topological polar surface area (TPSA) is 21.3 Å². The number of rotatable bonds is 3. The molecule has 0 aromatic heterocycles. The zero-order valence-electron chi connectivity index (χ0n) is 9.31. The third-order valence-electron chi connectivity index (χ3n) is 2.89. The molecule has 2 nitrogen and oxygen atoms in total. The van der Waals surface area contributed by atoms with E-state index in [1.807, 2.05) is 0 Å². The Bertz CT molecular complexity index is 392. The molecule has 1 N–H and O–H groups in total. The van der Waals surface area contributed by atoms with Crippen LogP contribution >= 0.6 is 0 Å². The Hall–Kier alpha value is -1.07. The van der Waals surface area contributed by atoms with Crippen molar-refractivity contribution in [3.63, 3.8) is 0 Å². The Labute approximate surface area is 97.8 Å². The van der Waals surface area contributed by atoms with Crippen LogP contribution in [0.1, 0.15) is 18.4 Å². The van der Waals surface area contributed by atoms with Crippen LogP contribution in [0, 0.1) is 17.5 Å². The quantitative estimate of drug-likeness (QED) is 0.825. The average molecular weight is 245 g/mol. The van der Waals surface area contributed by atoms with Crippen LogP contribution in [0.3, 0.4) is 0 Å². The molecule has 1 fully saturated rings. The normalized spacial score (nSPS) is 17.4. The fourth-order valence-corrected chi connectivity index (χ4v) is 1.86. The molecule has 0 amide bonds. The molecule has 0 radical (unpaired) electrons. The summed E-state index contributed by atoms with van der Waals surface area (Å²) >= 11 is 0. The van der Waals surface area contributed by atoms with Crippen LogP contribution in [0.4, 0.5) is 13.2 Å². The van der Waals surface area contributed by atoms with E-state index in [9.17, 15) is 13.2 Å². The van der Waals surface area contributed by atoms with Crippen molar-refractivity contribution < 1.29 is 17.9 Å². The monoisotopic (exact) mass is 245 g/mol. The maximum absolute atomic E-state index is 13.3. The van der Waals surface area contributed by atoms with E-state index in [2.05, 4.69) is 5.32 Å². The Kier molecular flexibility index (Phi) is 4.02. The fourth-order valence-electron chi connectivity index (χ4n) is 1.86. The van der Waals surface area contributed by atoms with Gasteiger partial charge in [0.2, 0.25) is 0 Å². The lowest BCUT2D eigenvalue weighted by Gasteiger charge is -2.23. The molecule has 0 spiro atoms. The van der Waals surface area contributed by atoms with E-state index in [-0.39, 0.29) is 18.2 Å². The molecule has 1 saturated heterocycles. The molecule has 5 heteroatoms. The zero-order valence-corrected chi connectivity index (χ0v) is 9.31. The smallest absolute Gasteiger partial charge is 0.161 e. The van der Waals surface area contributed by atoms with Gasteiger partial charge in [-0.1, -0.05) is 0 Å². The van der Waals surface area contributed by atoms with E-state index in [4.69, 9.17) is 4.74 Å². The molecular weight excluding hydrogens is 231 g/mol. The summed E-state index contributed by atoms with van der Waals surface area (Å²) in [5.41, 5.74) is 0.149. The molecule has 1 heterocycles. The molecule has 1 aromatic rings. The largest absolute Gasteiger partial charge is 0.381 e. The summed E-state index contributed by atoms with van der Waals surface area (Å²) in [5.74, 6) is -2.89. The molecule has 17 heavy (non-hydrogen) atoms. The lowest BCUT2D eigenvalue weighted by atomic mass is 10.1. The second-order valence-corrected chi connectivity index (χ2v) is 4.13. The summed E-state index contributed by atoms with van der Waals surface area (Å²) < 4.78 is 44.1. The van der Waals surface area contributed by atoms with E-state index in [1.165, 1.54) is 0 Å². The van der Waals surface area contributed by atoms with Gasteiger partial charge in [0.05, 0.1) is 0 Å². The van der Waals surface area contributed by atoms with E-state index in [0.717, 1.165) is 18.9 Å². The average Bonchev–Trinajstić information content (AvgIpc) is 2.33. The number of hydrogen-bond donors (Lipinski definition) is 1. The molecule has 0 aliphatic carbocycles. The van der Waals surface area contributed by atoms with Gasteiger partial charge in [-0.25, -0.2) is 13.2 Å². The predicted octanol–water partition coefficient (Wildman–Crippen LogP) is 2.37. The molecule has 0 saturated carbocycles. The Morgan fingerprint density at radius 3 is 2.41 bits per heavy atom. The van der Waals surface area contributed by atoms with Crippen LogP contribution < -0.4 is 5.32 Å². The lowest BCUT2D eigenvalue weighted by Crippen LogP contribution is -2.34. The summed E-state index contributed by atoms with van der Waals surface area (Å²) in [4.78, 5) is 0. The molecule has 0 bridgehead atoms. The van der Waals surface area contributed by atoms with Gasteiger partial charge in [0.1, 0.15) is 5.82 Å². The summed E-state index contributed by atoms with van der Waals surface area (Å²) in [6.45, 7) is 1.56. The highest BCUT2D eigenvalue weighted by molar-refractivity contribution is 5.20. The molecule has 1 aromatic carbocycles.